The molecule has 0 aliphatic carbocycles. The van der Waals surface area contributed by atoms with Crippen molar-refractivity contribution >= 4 is 18.0 Å². The minimum Gasteiger partial charge on any atom is -0.265 e. The molecule has 0 unspecified atom stereocenters. The van der Waals surface area contributed by atoms with Crippen LogP contribution in [-0.2, 0) is 5.41 Å². The van der Waals surface area contributed by atoms with Gasteiger partial charge in [0.25, 0.3) is 5.56 Å². The highest BCUT2D eigenvalue weighted by Gasteiger charge is 2.23. The Morgan fingerprint density at radius 2 is 1.90 bits per heavy atom. The Bertz CT molecular complexity index is 527. The largest absolute Gasteiger partial charge is 0.297 e. The molecule has 5 nitrogen and oxygen atoms in total. The molecule has 0 aromatic carbocycles. The van der Waals surface area contributed by atoms with Crippen LogP contribution in [0.4, 0.5) is 0 Å². The van der Waals surface area contributed by atoms with Gasteiger partial charge in [0.2, 0.25) is 5.16 Å². The van der Waals surface area contributed by atoms with E-state index in [1.54, 1.807) is 0 Å². The standard InChI is InChI=1S/C14H24N4OS/c1-7-10(8-2)9-15-18-12(19)11(14(3,4)5)16-17-13(18)20-6/h9-10H,7-8H2,1-6H3. The van der Waals surface area contributed by atoms with Crippen molar-refractivity contribution in [3.05, 3.63) is 16.0 Å². The molecule has 1 heterocycles. The van der Waals surface area contributed by atoms with Gasteiger partial charge < -0.3 is 0 Å². The van der Waals surface area contributed by atoms with Crippen LogP contribution in [0.25, 0.3) is 0 Å². The first-order valence-corrected chi connectivity index (χ1v) is 8.16. The summed E-state index contributed by atoms with van der Waals surface area (Å²) in [4.78, 5) is 12.5. The smallest absolute Gasteiger partial charge is 0.265 e. The van der Waals surface area contributed by atoms with Gasteiger partial charge in [0.05, 0.1) is 0 Å². The molecule has 1 rings (SSSR count). The summed E-state index contributed by atoms with van der Waals surface area (Å²) in [6, 6.07) is 0. The van der Waals surface area contributed by atoms with Crippen LogP contribution in [0.15, 0.2) is 15.1 Å². The average Bonchev–Trinajstić information content (AvgIpc) is 2.39. The van der Waals surface area contributed by atoms with Crippen molar-refractivity contribution in [3.8, 4) is 0 Å². The summed E-state index contributed by atoms with van der Waals surface area (Å²) in [6.45, 7) is 10.1. The van der Waals surface area contributed by atoms with Gasteiger partial charge in [0.1, 0.15) is 5.69 Å². The fourth-order valence-electron chi connectivity index (χ4n) is 1.73. The van der Waals surface area contributed by atoms with Crippen LogP contribution >= 0.6 is 11.8 Å². The van der Waals surface area contributed by atoms with Gasteiger partial charge in [-0.3, -0.25) is 4.79 Å². The van der Waals surface area contributed by atoms with E-state index in [2.05, 4.69) is 29.1 Å². The third-order valence-corrected chi connectivity index (χ3v) is 3.77. The van der Waals surface area contributed by atoms with E-state index in [9.17, 15) is 4.79 Å². The third-order valence-electron chi connectivity index (χ3n) is 3.15. The summed E-state index contributed by atoms with van der Waals surface area (Å²) in [5.74, 6) is 0.378. The Morgan fingerprint density at radius 3 is 2.35 bits per heavy atom. The van der Waals surface area contributed by atoms with E-state index in [1.165, 1.54) is 16.4 Å². The molecule has 1 aromatic rings. The molecular weight excluding hydrogens is 272 g/mol. The van der Waals surface area contributed by atoms with Crippen LogP contribution in [0.3, 0.4) is 0 Å². The molecule has 112 valence electrons. The highest BCUT2D eigenvalue weighted by Crippen LogP contribution is 2.17. The maximum Gasteiger partial charge on any atom is 0.297 e. The summed E-state index contributed by atoms with van der Waals surface area (Å²) < 4.78 is 1.37. The van der Waals surface area contributed by atoms with E-state index in [4.69, 9.17) is 0 Å². The maximum absolute atomic E-state index is 12.5. The Kier molecular flexibility index (Phi) is 5.92. The molecule has 0 saturated carbocycles. The molecule has 0 saturated heterocycles. The van der Waals surface area contributed by atoms with Crippen LogP contribution in [0.1, 0.15) is 53.2 Å². The van der Waals surface area contributed by atoms with Gasteiger partial charge in [-0.05, 0) is 25.0 Å². The third kappa shape index (κ3) is 3.91. The van der Waals surface area contributed by atoms with Gasteiger partial charge in [0.15, 0.2) is 0 Å². The zero-order valence-electron chi connectivity index (χ0n) is 13.2. The molecule has 20 heavy (non-hydrogen) atoms. The second-order valence-electron chi connectivity index (χ2n) is 5.74. The van der Waals surface area contributed by atoms with Crippen LogP contribution in [0.5, 0.6) is 0 Å². The number of nitrogens with zero attached hydrogens (tertiary/aromatic N) is 4. The van der Waals surface area contributed by atoms with E-state index < -0.39 is 0 Å². The zero-order valence-corrected chi connectivity index (χ0v) is 14.0. The van der Waals surface area contributed by atoms with Crippen LogP contribution < -0.4 is 5.56 Å². The lowest BCUT2D eigenvalue weighted by Crippen LogP contribution is -2.32. The van der Waals surface area contributed by atoms with E-state index in [1.807, 2.05) is 33.2 Å². The lowest BCUT2D eigenvalue weighted by molar-refractivity contribution is 0.508. The van der Waals surface area contributed by atoms with Crippen molar-refractivity contribution in [3.63, 3.8) is 0 Å². The van der Waals surface area contributed by atoms with Gasteiger partial charge in [-0.25, -0.2) is 0 Å². The summed E-state index contributed by atoms with van der Waals surface area (Å²) in [7, 11) is 0. The minimum atomic E-state index is -0.340. The lowest BCUT2D eigenvalue weighted by Gasteiger charge is -2.17. The maximum atomic E-state index is 12.5. The Balaban J connectivity index is 3.33. The second kappa shape index (κ2) is 7.02. The molecular formula is C14H24N4OS. The molecule has 0 aliphatic rings. The number of aromatic nitrogens is 3. The number of thioether (sulfide) groups is 1. The molecule has 6 heteroatoms. The fourth-order valence-corrected chi connectivity index (χ4v) is 2.15. The van der Waals surface area contributed by atoms with Gasteiger partial charge in [-0.1, -0.05) is 46.4 Å². The Labute approximate surface area is 124 Å². The molecule has 0 spiro atoms. The molecule has 0 amide bonds. The van der Waals surface area contributed by atoms with Gasteiger partial charge >= 0.3 is 0 Å². The van der Waals surface area contributed by atoms with Crippen molar-refractivity contribution in [1.82, 2.24) is 14.9 Å². The Hall–Kier alpha value is -1.17. The van der Waals surface area contributed by atoms with E-state index in [0.29, 0.717) is 16.8 Å². The predicted molar refractivity (Wildman–Crippen MR) is 84.7 cm³/mol. The highest BCUT2D eigenvalue weighted by atomic mass is 32.2. The zero-order chi connectivity index (χ0) is 15.3. The molecule has 0 atom stereocenters. The normalized spacial score (nSPS) is 12.6. The first-order chi connectivity index (χ1) is 9.35. The quantitative estimate of drug-likeness (QED) is 0.619. The minimum absolute atomic E-state index is 0.181. The van der Waals surface area contributed by atoms with Crippen molar-refractivity contribution in [1.29, 1.82) is 0 Å². The monoisotopic (exact) mass is 296 g/mol. The average molecular weight is 296 g/mol. The molecule has 1 aromatic heterocycles. The second-order valence-corrected chi connectivity index (χ2v) is 6.52. The van der Waals surface area contributed by atoms with Gasteiger partial charge in [0, 0.05) is 11.6 Å². The summed E-state index contributed by atoms with van der Waals surface area (Å²) in [6.07, 6.45) is 5.72. The van der Waals surface area contributed by atoms with E-state index >= 15 is 0 Å². The molecule has 0 radical (unpaired) electrons. The number of rotatable bonds is 5. The SMILES string of the molecule is CCC(C=Nn1c(SC)nnc(C(C)(C)C)c1=O)CC. The van der Waals surface area contributed by atoms with Crippen molar-refractivity contribution < 1.29 is 0 Å². The Morgan fingerprint density at radius 1 is 1.30 bits per heavy atom. The van der Waals surface area contributed by atoms with Crippen molar-refractivity contribution in [2.75, 3.05) is 6.26 Å². The molecule has 0 aliphatic heterocycles. The van der Waals surface area contributed by atoms with Crippen LogP contribution in [0.2, 0.25) is 0 Å². The molecule has 0 fully saturated rings. The fraction of sp³-hybridized carbons (Fsp3) is 0.714. The summed E-state index contributed by atoms with van der Waals surface area (Å²) >= 11 is 1.37. The van der Waals surface area contributed by atoms with Gasteiger partial charge in [-0.2, -0.15) is 9.78 Å². The van der Waals surface area contributed by atoms with E-state index in [0.717, 1.165) is 12.8 Å². The first kappa shape index (κ1) is 16.9. The molecule has 0 N–H and O–H groups in total. The van der Waals surface area contributed by atoms with Crippen molar-refractivity contribution in [2.24, 2.45) is 11.0 Å². The number of hydrogen-bond acceptors (Lipinski definition) is 5. The first-order valence-electron chi connectivity index (χ1n) is 6.93. The van der Waals surface area contributed by atoms with E-state index in [-0.39, 0.29) is 11.0 Å². The topological polar surface area (TPSA) is 60.1 Å². The summed E-state index contributed by atoms with van der Waals surface area (Å²) in [5.41, 5.74) is -0.0798. The number of hydrogen-bond donors (Lipinski definition) is 0. The predicted octanol–water partition coefficient (Wildman–Crippen LogP) is 2.93. The van der Waals surface area contributed by atoms with Crippen LogP contribution in [-0.4, -0.2) is 27.3 Å². The molecule has 0 bridgehead atoms. The van der Waals surface area contributed by atoms with Crippen LogP contribution in [0, 0.1) is 5.92 Å². The highest BCUT2D eigenvalue weighted by molar-refractivity contribution is 7.98. The van der Waals surface area contributed by atoms with Crippen molar-refractivity contribution in [2.45, 2.75) is 58.0 Å². The summed E-state index contributed by atoms with van der Waals surface area (Å²) in [5, 5.41) is 13.1. The lowest BCUT2D eigenvalue weighted by atomic mass is 9.93. The van der Waals surface area contributed by atoms with Gasteiger partial charge in [-0.15, -0.1) is 10.2 Å².